The average molecular weight is 399 g/mol. The second kappa shape index (κ2) is 7.93. The van der Waals surface area contributed by atoms with Gasteiger partial charge >= 0.3 is 0 Å². The first-order chi connectivity index (χ1) is 9.72. The number of halogens is 2. The third-order valence-electron chi connectivity index (χ3n) is 3.04. The highest BCUT2D eigenvalue weighted by Gasteiger charge is 2.14. The maximum Gasteiger partial charge on any atom is 0.0964 e. The van der Waals surface area contributed by atoms with E-state index < -0.39 is 0 Å². The Morgan fingerprint density at radius 2 is 1.65 bits per heavy atom. The highest BCUT2D eigenvalue weighted by atomic mass is 79.9. The molecule has 0 aliphatic rings. The van der Waals surface area contributed by atoms with Crippen LogP contribution >= 0.6 is 31.9 Å². The zero-order valence-electron chi connectivity index (χ0n) is 11.3. The first kappa shape index (κ1) is 15.7. The number of likely N-dealkylation sites (N-methyl/N-ethyl adjacent to an activating group) is 1. The average Bonchev–Trinajstić information content (AvgIpc) is 2.46. The SMILES string of the molecule is CNCC(OCc1ccccc1Br)c1ccccc1Br. The molecule has 0 radical (unpaired) electrons. The summed E-state index contributed by atoms with van der Waals surface area (Å²) in [6.45, 7) is 1.35. The Kier molecular flexibility index (Phi) is 6.23. The van der Waals surface area contributed by atoms with Crippen LogP contribution in [0.25, 0.3) is 0 Å². The smallest absolute Gasteiger partial charge is 0.0964 e. The fourth-order valence-electron chi connectivity index (χ4n) is 1.99. The second-order valence-electron chi connectivity index (χ2n) is 4.47. The van der Waals surface area contributed by atoms with Gasteiger partial charge in [0.05, 0.1) is 12.7 Å². The van der Waals surface area contributed by atoms with E-state index in [0.717, 1.165) is 26.6 Å². The van der Waals surface area contributed by atoms with Crippen molar-refractivity contribution < 1.29 is 4.74 Å². The third kappa shape index (κ3) is 4.16. The Labute approximate surface area is 136 Å². The van der Waals surface area contributed by atoms with Gasteiger partial charge < -0.3 is 10.1 Å². The molecule has 2 nitrogen and oxygen atoms in total. The van der Waals surface area contributed by atoms with E-state index in [0.29, 0.717) is 6.61 Å². The van der Waals surface area contributed by atoms with Gasteiger partial charge in [-0.25, -0.2) is 0 Å². The van der Waals surface area contributed by atoms with Crippen LogP contribution in [0.1, 0.15) is 17.2 Å². The second-order valence-corrected chi connectivity index (χ2v) is 6.18. The lowest BCUT2D eigenvalue weighted by Gasteiger charge is -2.20. The molecule has 2 rings (SSSR count). The van der Waals surface area contributed by atoms with E-state index in [1.165, 1.54) is 0 Å². The van der Waals surface area contributed by atoms with Crippen molar-refractivity contribution in [2.24, 2.45) is 0 Å². The molecule has 0 aromatic heterocycles. The highest BCUT2D eigenvalue weighted by molar-refractivity contribution is 9.10. The van der Waals surface area contributed by atoms with E-state index in [1.807, 2.05) is 43.4 Å². The lowest BCUT2D eigenvalue weighted by molar-refractivity contribution is 0.0403. The van der Waals surface area contributed by atoms with E-state index in [2.05, 4.69) is 49.3 Å². The number of nitrogens with one attached hydrogen (secondary N) is 1. The zero-order valence-corrected chi connectivity index (χ0v) is 14.4. The first-order valence-electron chi connectivity index (χ1n) is 6.46. The molecular weight excluding hydrogens is 382 g/mol. The number of benzene rings is 2. The molecule has 0 spiro atoms. The van der Waals surface area contributed by atoms with Gasteiger partial charge in [-0.05, 0) is 30.3 Å². The quantitative estimate of drug-likeness (QED) is 0.762. The number of rotatable bonds is 6. The molecule has 106 valence electrons. The van der Waals surface area contributed by atoms with Gasteiger partial charge in [0.15, 0.2) is 0 Å². The summed E-state index contributed by atoms with van der Waals surface area (Å²) in [5.74, 6) is 0. The fraction of sp³-hybridized carbons (Fsp3) is 0.250. The number of hydrogen-bond acceptors (Lipinski definition) is 2. The third-order valence-corrected chi connectivity index (χ3v) is 4.54. The predicted octanol–water partition coefficient (Wildman–Crippen LogP) is 4.69. The molecule has 0 saturated carbocycles. The summed E-state index contributed by atoms with van der Waals surface area (Å²) < 4.78 is 8.25. The predicted molar refractivity (Wildman–Crippen MR) is 89.7 cm³/mol. The van der Waals surface area contributed by atoms with Gasteiger partial charge in [-0.15, -0.1) is 0 Å². The van der Waals surface area contributed by atoms with Crippen molar-refractivity contribution in [3.05, 3.63) is 68.6 Å². The van der Waals surface area contributed by atoms with Crippen LogP contribution in [0.5, 0.6) is 0 Å². The van der Waals surface area contributed by atoms with Gasteiger partial charge in [-0.1, -0.05) is 68.3 Å². The van der Waals surface area contributed by atoms with E-state index >= 15 is 0 Å². The Balaban J connectivity index is 2.11. The van der Waals surface area contributed by atoms with E-state index in [-0.39, 0.29) is 6.10 Å². The van der Waals surface area contributed by atoms with Crippen molar-refractivity contribution in [2.45, 2.75) is 12.7 Å². The molecule has 0 heterocycles. The van der Waals surface area contributed by atoms with Gasteiger partial charge in [0.25, 0.3) is 0 Å². The van der Waals surface area contributed by atoms with Crippen LogP contribution in [0.15, 0.2) is 57.5 Å². The van der Waals surface area contributed by atoms with Gasteiger partial charge in [0.2, 0.25) is 0 Å². The Morgan fingerprint density at radius 3 is 2.30 bits per heavy atom. The lowest BCUT2D eigenvalue weighted by atomic mass is 10.1. The van der Waals surface area contributed by atoms with Crippen LogP contribution in [-0.2, 0) is 11.3 Å². The molecule has 1 N–H and O–H groups in total. The van der Waals surface area contributed by atoms with Crippen molar-refractivity contribution in [1.82, 2.24) is 5.32 Å². The van der Waals surface area contributed by atoms with Crippen LogP contribution in [0.2, 0.25) is 0 Å². The topological polar surface area (TPSA) is 21.3 Å². The summed E-state index contributed by atoms with van der Waals surface area (Å²) in [4.78, 5) is 0. The summed E-state index contributed by atoms with van der Waals surface area (Å²) in [5, 5.41) is 3.19. The molecule has 0 bridgehead atoms. The highest BCUT2D eigenvalue weighted by Crippen LogP contribution is 2.27. The fourth-order valence-corrected chi connectivity index (χ4v) is 2.93. The minimum absolute atomic E-state index is 0.0164. The monoisotopic (exact) mass is 397 g/mol. The van der Waals surface area contributed by atoms with Gasteiger partial charge in [0, 0.05) is 15.5 Å². The minimum Gasteiger partial charge on any atom is -0.367 e. The molecule has 1 unspecified atom stereocenters. The van der Waals surface area contributed by atoms with Crippen LogP contribution in [-0.4, -0.2) is 13.6 Å². The Bertz CT molecular complexity index is 560. The van der Waals surface area contributed by atoms with E-state index in [1.54, 1.807) is 0 Å². The first-order valence-corrected chi connectivity index (χ1v) is 8.05. The van der Waals surface area contributed by atoms with Gasteiger partial charge in [-0.2, -0.15) is 0 Å². The van der Waals surface area contributed by atoms with Crippen molar-refractivity contribution >= 4 is 31.9 Å². The molecule has 4 heteroatoms. The summed E-state index contributed by atoms with van der Waals surface area (Å²) in [7, 11) is 1.94. The largest absolute Gasteiger partial charge is 0.367 e. The molecule has 20 heavy (non-hydrogen) atoms. The Morgan fingerprint density at radius 1 is 1.00 bits per heavy atom. The summed E-state index contributed by atoms with van der Waals surface area (Å²) in [6, 6.07) is 16.3. The van der Waals surface area contributed by atoms with E-state index in [4.69, 9.17) is 4.74 Å². The summed E-state index contributed by atoms with van der Waals surface area (Å²) >= 11 is 7.14. The molecular formula is C16H17Br2NO. The van der Waals surface area contributed by atoms with Crippen LogP contribution < -0.4 is 5.32 Å². The molecule has 2 aromatic rings. The minimum atomic E-state index is 0.0164. The Hall–Kier alpha value is -0.680. The zero-order chi connectivity index (χ0) is 14.4. The van der Waals surface area contributed by atoms with Crippen molar-refractivity contribution in [1.29, 1.82) is 0 Å². The molecule has 0 aliphatic carbocycles. The van der Waals surface area contributed by atoms with Crippen LogP contribution in [0, 0.1) is 0 Å². The lowest BCUT2D eigenvalue weighted by Crippen LogP contribution is -2.20. The van der Waals surface area contributed by atoms with Crippen molar-refractivity contribution in [3.63, 3.8) is 0 Å². The van der Waals surface area contributed by atoms with Gasteiger partial charge in [0.1, 0.15) is 0 Å². The van der Waals surface area contributed by atoms with Gasteiger partial charge in [-0.3, -0.25) is 0 Å². The molecule has 0 amide bonds. The molecule has 1 atom stereocenters. The van der Waals surface area contributed by atoms with Crippen LogP contribution in [0.3, 0.4) is 0 Å². The van der Waals surface area contributed by atoms with Crippen molar-refractivity contribution in [3.8, 4) is 0 Å². The maximum absolute atomic E-state index is 6.09. The van der Waals surface area contributed by atoms with Crippen molar-refractivity contribution in [2.75, 3.05) is 13.6 Å². The van der Waals surface area contributed by atoms with E-state index in [9.17, 15) is 0 Å². The number of ether oxygens (including phenoxy) is 1. The summed E-state index contributed by atoms with van der Waals surface area (Å²) in [5.41, 5.74) is 2.31. The molecule has 0 aliphatic heterocycles. The molecule has 2 aromatic carbocycles. The van der Waals surface area contributed by atoms with Crippen LogP contribution in [0.4, 0.5) is 0 Å². The maximum atomic E-state index is 6.09. The number of hydrogen-bond donors (Lipinski definition) is 1. The standard InChI is InChI=1S/C16H17Br2NO/c1-19-10-16(13-7-3-5-9-15(13)18)20-11-12-6-2-4-8-14(12)17/h2-9,16,19H,10-11H2,1H3. The molecule has 0 fully saturated rings. The molecule has 0 saturated heterocycles. The normalized spacial score (nSPS) is 12.3. The summed E-state index contributed by atoms with van der Waals surface area (Å²) in [6.07, 6.45) is 0.0164.